The van der Waals surface area contributed by atoms with Crippen molar-refractivity contribution in [3.05, 3.63) is 59.4 Å². The number of rotatable bonds is 3. The predicted octanol–water partition coefficient (Wildman–Crippen LogP) is 3.00. The molecule has 146 valence electrons. The SMILES string of the molecule is O=C(CN1C(=O)c2ccccc2C1=O)Nc1ccc2c(c1)nc1n2CCCCC1. The molecule has 2 aliphatic rings. The van der Waals surface area contributed by atoms with Gasteiger partial charge in [0.25, 0.3) is 11.8 Å². The molecule has 2 aromatic carbocycles. The Morgan fingerprint density at radius 2 is 1.76 bits per heavy atom. The Kier molecular flexibility index (Phi) is 4.16. The highest BCUT2D eigenvalue weighted by atomic mass is 16.2. The third-order valence-corrected chi connectivity index (χ3v) is 5.57. The molecule has 0 atom stereocenters. The van der Waals surface area contributed by atoms with E-state index in [0.29, 0.717) is 16.8 Å². The highest BCUT2D eigenvalue weighted by Gasteiger charge is 2.36. The molecule has 0 bridgehead atoms. The first-order valence-electron chi connectivity index (χ1n) is 9.86. The zero-order chi connectivity index (χ0) is 20.0. The first-order chi connectivity index (χ1) is 14.1. The number of carbonyl (C=O) groups excluding carboxylic acids is 3. The maximum absolute atomic E-state index is 12.5. The summed E-state index contributed by atoms with van der Waals surface area (Å²) in [7, 11) is 0. The number of imide groups is 1. The summed E-state index contributed by atoms with van der Waals surface area (Å²) in [6, 6.07) is 12.3. The van der Waals surface area contributed by atoms with Gasteiger partial charge < -0.3 is 9.88 Å². The molecular formula is C22H20N4O3. The van der Waals surface area contributed by atoms with Gasteiger partial charge in [-0.2, -0.15) is 0 Å². The van der Waals surface area contributed by atoms with Crippen molar-refractivity contribution in [2.45, 2.75) is 32.2 Å². The molecule has 3 amide bonds. The van der Waals surface area contributed by atoms with Crippen LogP contribution in [-0.4, -0.2) is 38.7 Å². The number of aryl methyl sites for hydroxylation is 2. The van der Waals surface area contributed by atoms with E-state index >= 15 is 0 Å². The van der Waals surface area contributed by atoms with Crippen molar-refractivity contribution in [2.24, 2.45) is 0 Å². The summed E-state index contributed by atoms with van der Waals surface area (Å²) in [5, 5.41) is 2.79. The van der Waals surface area contributed by atoms with Crippen molar-refractivity contribution < 1.29 is 14.4 Å². The van der Waals surface area contributed by atoms with Crippen LogP contribution in [0.15, 0.2) is 42.5 Å². The average Bonchev–Trinajstić information content (AvgIpc) is 3.05. The lowest BCUT2D eigenvalue weighted by Crippen LogP contribution is -2.37. The number of hydrogen-bond acceptors (Lipinski definition) is 4. The van der Waals surface area contributed by atoms with Crippen LogP contribution >= 0.6 is 0 Å². The molecule has 29 heavy (non-hydrogen) atoms. The fourth-order valence-electron chi connectivity index (χ4n) is 4.15. The third kappa shape index (κ3) is 2.99. The van der Waals surface area contributed by atoms with Crippen LogP contribution in [0.2, 0.25) is 0 Å². The fourth-order valence-corrected chi connectivity index (χ4v) is 4.15. The van der Waals surface area contributed by atoms with Crippen LogP contribution in [0.1, 0.15) is 45.8 Å². The molecule has 7 nitrogen and oxygen atoms in total. The molecule has 0 spiro atoms. The number of hydrogen-bond donors (Lipinski definition) is 1. The fraction of sp³-hybridized carbons (Fsp3) is 0.273. The molecule has 1 N–H and O–H groups in total. The topological polar surface area (TPSA) is 84.3 Å². The van der Waals surface area contributed by atoms with Gasteiger partial charge in [-0.3, -0.25) is 19.3 Å². The van der Waals surface area contributed by atoms with Crippen molar-refractivity contribution in [3.8, 4) is 0 Å². The Labute approximate surface area is 167 Å². The second kappa shape index (κ2) is 6.84. The Morgan fingerprint density at radius 1 is 1.00 bits per heavy atom. The monoisotopic (exact) mass is 388 g/mol. The van der Waals surface area contributed by atoms with E-state index in [4.69, 9.17) is 4.98 Å². The maximum atomic E-state index is 12.5. The molecule has 0 fully saturated rings. The summed E-state index contributed by atoms with van der Waals surface area (Å²) in [5.41, 5.74) is 3.20. The van der Waals surface area contributed by atoms with Crippen molar-refractivity contribution in [1.29, 1.82) is 0 Å². The van der Waals surface area contributed by atoms with Gasteiger partial charge in [-0.25, -0.2) is 4.98 Å². The number of nitrogens with zero attached hydrogens (tertiary/aromatic N) is 3. The summed E-state index contributed by atoms with van der Waals surface area (Å²) in [6.45, 7) is 0.654. The van der Waals surface area contributed by atoms with Crippen molar-refractivity contribution in [2.75, 3.05) is 11.9 Å². The first-order valence-corrected chi connectivity index (χ1v) is 9.86. The maximum Gasteiger partial charge on any atom is 0.262 e. The number of imidazole rings is 1. The lowest BCUT2D eigenvalue weighted by molar-refractivity contribution is -0.116. The Hall–Kier alpha value is -3.48. The zero-order valence-electron chi connectivity index (χ0n) is 15.9. The number of benzene rings is 2. The van der Waals surface area contributed by atoms with E-state index in [0.717, 1.165) is 47.6 Å². The number of anilines is 1. The molecule has 0 saturated heterocycles. The Morgan fingerprint density at radius 3 is 2.52 bits per heavy atom. The van der Waals surface area contributed by atoms with Crippen LogP contribution in [0.5, 0.6) is 0 Å². The van der Waals surface area contributed by atoms with Gasteiger partial charge in [-0.1, -0.05) is 18.6 Å². The van der Waals surface area contributed by atoms with E-state index < -0.39 is 17.7 Å². The van der Waals surface area contributed by atoms with Gasteiger partial charge in [0.1, 0.15) is 12.4 Å². The first kappa shape index (κ1) is 17.6. The molecule has 3 heterocycles. The zero-order valence-corrected chi connectivity index (χ0v) is 15.9. The summed E-state index contributed by atoms with van der Waals surface area (Å²) in [4.78, 5) is 43.1. The van der Waals surface area contributed by atoms with E-state index in [1.165, 1.54) is 6.42 Å². The second-order valence-electron chi connectivity index (χ2n) is 7.48. The van der Waals surface area contributed by atoms with Crippen LogP contribution in [0.25, 0.3) is 11.0 Å². The molecular weight excluding hydrogens is 368 g/mol. The van der Waals surface area contributed by atoms with Crippen LogP contribution in [0.3, 0.4) is 0 Å². The van der Waals surface area contributed by atoms with Crippen LogP contribution in [0.4, 0.5) is 5.69 Å². The lowest BCUT2D eigenvalue weighted by Gasteiger charge is -2.13. The highest BCUT2D eigenvalue weighted by molar-refractivity contribution is 6.22. The molecule has 0 radical (unpaired) electrons. The molecule has 3 aromatic rings. The predicted molar refractivity (Wildman–Crippen MR) is 108 cm³/mol. The number of amides is 3. The minimum Gasteiger partial charge on any atom is -0.328 e. The van der Waals surface area contributed by atoms with Gasteiger partial charge in [0.15, 0.2) is 0 Å². The van der Waals surface area contributed by atoms with Gasteiger partial charge >= 0.3 is 0 Å². The van der Waals surface area contributed by atoms with Gasteiger partial charge in [0.05, 0.1) is 22.2 Å². The lowest BCUT2D eigenvalue weighted by atomic mass is 10.1. The molecule has 0 unspecified atom stereocenters. The summed E-state index contributed by atoms with van der Waals surface area (Å²) in [5.74, 6) is -0.199. The minimum absolute atomic E-state index is 0.315. The summed E-state index contributed by atoms with van der Waals surface area (Å²) < 4.78 is 2.26. The normalized spacial score (nSPS) is 15.9. The summed E-state index contributed by atoms with van der Waals surface area (Å²) in [6.07, 6.45) is 4.48. The standard InChI is InChI=1S/C22H20N4O3/c27-20(13-26-21(28)15-6-3-4-7-16(15)22(26)29)23-14-9-10-18-17(12-14)24-19-8-2-1-5-11-25(18)19/h3-4,6-7,9-10,12H,1-2,5,8,11,13H2,(H,23,27). The third-order valence-electron chi connectivity index (χ3n) is 5.57. The quantitative estimate of drug-likeness (QED) is 0.699. The Balaban J connectivity index is 1.33. The number of fused-ring (bicyclic) bond motifs is 4. The number of nitrogens with one attached hydrogen (secondary N) is 1. The number of aromatic nitrogens is 2. The minimum atomic E-state index is -0.436. The van der Waals surface area contributed by atoms with Crippen molar-refractivity contribution in [3.63, 3.8) is 0 Å². The van der Waals surface area contributed by atoms with Crippen LogP contribution < -0.4 is 5.32 Å². The molecule has 2 aliphatic heterocycles. The van der Waals surface area contributed by atoms with Crippen LogP contribution in [0, 0.1) is 0 Å². The molecule has 7 heteroatoms. The second-order valence-corrected chi connectivity index (χ2v) is 7.48. The van der Waals surface area contributed by atoms with Gasteiger partial charge in [-0.05, 0) is 43.2 Å². The van der Waals surface area contributed by atoms with Crippen molar-refractivity contribution in [1.82, 2.24) is 14.5 Å². The Bertz CT molecular complexity index is 1130. The van der Waals surface area contributed by atoms with E-state index in [9.17, 15) is 14.4 Å². The van der Waals surface area contributed by atoms with Gasteiger partial charge in [0.2, 0.25) is 5.91 Å². The van der Waals surface area contributed by atoms with Gasteiger partial charge in [-0.15, -0.1) is 0 Å². The molecule has 1 aromatic heterocycles. The van der Waals surface area contributed by atoms with E-state index in [-0.39, 0.29) is 6.54 Å². The van der Waals surface area contributed by atoms with Gasteiger partial charge in [0, 0.05) is 18.7 Å². The molecule has 0 aliphatic carbocycles. The van der Waals surface area contributed by atoms with E-state index in [2.05, 4.69) is 9.88 Å². The largest absolute Gasteiger partial charge is 0.328 e. The average molecular weight is 388 g/mol. The highest BCUT2D eigenvalue weighted by Crippen LogP contribution is 2.25. The van der Waals surface area contributed by atoms with E-state index in [1.807, 2.05) is 18.2 Å². The molecule has 5 rings (SSSR count). The number of carbonyl (C=O) groups is 3. The summed E-state index contributed by atoms with van der Waals surface area (Å²) >= 11 is 0. The van der Waals surface area contributed by atoms with Crippen LogP contribution in [-0.2, 0) is 17.8 Å². The van der Waals surface area contributed by atoms with E-state index in [1.54, 1.807) is 24.3 Å². The smallest absolute Gasteiger partial charge is 0.262 e. The van der Waals surface area contributed by atoms with Crippen molar-refractivity contribution >= 4 is 34.4 Å². The molecule has 0 saturated carbocycles.